The van der Waals surface area contributed by atoms with Crippen LogP contribution < -0.4 is 5.32 Å². The van der Waals surface area contributed by atoms with Crippen LogP contribution >= 0.6 is 12.4 Å². The molecule has 0 bridgehead atoms. The molecular formula is C11H15ClFNO. The van der Waals surface area contributed by atoms with Gasteiger partial charge in [-0.05, 0) is 19.9 Å². The van der Waals surface area contributed by atoms with E-state index >= 15 is 0 Å². The lowest BCUT2D eigenvalue weighted by atomic mass is 10.1. The van der Waals surface area contributed by atoms with E-state index < -0.39 is 0 Å². The van der Waals surface area contributed by atoms with Crippen LogP contribution in [0.15, 0.2) is 24.3 Å². The Kier molecular flexibility index (Phi) is 3.71. The zero-order chi connectivity index (χ0) is 10.2. The Morgan fingerprint density at radius 2 is 2.07 bits per heavy atom. The van der Waals surface area contributed by atoms with Crippen LogP contribution in [0.4, 0.5) is 4.39 Å². The molecule has 1 atom stereocenters. The van der Waals surface area contributed by atoms with Crippen molar-refractivity contribution in [3.63, 3.8) is 0 Å². The van der Waals surface area contributed by atoms with Gasteiger partial charge in [-0.3, -0.25) is 5.32 Å². The van der Waals surface area contributed by atoms with Crippen molar-refractivity contribution in [1.29, 1.82) is 0 Å². The summed E-state index contributed by atoms with van der Waals surface area (Å²) >= 11 is 0. The molecule has 1 aliphatic rings. The maximum absolute atomic E-state index is 13.4. The van der Waals surface area contributed by atoms with Gasteiger partial charge in [0.05, 0.1) is 6.61 Å². The molecule has 0 spiro atoms. The van der Waals surface area contributed by atoms with Crippen LogP contribution in [0.3, 0.4) is 0 Å². The summed E-state index contributed by atoms with van der Waals surface area (Å²) in [6.07, 6.45) is -0.314. The lowest BCUT2D eigenvalue weighted by Crippen LogP contribution is -2.36. The molecular weight excluding hydrogens is 217 g/mol. The SMILES string of the molecule is CC1(C)COC(c2ccccc2F)N1.Cl. The Morgan fingerprint density at radius 1 is 1.40 bits per heavy atom. The average molecular weight is 232 g/mol. The molecule has 1 unspecified atom stereocenters. The quantitative estimate of drug-likeness (QED) is 0.803. The van der Waals surface area contributed by atoms with Crippen LogP contribution in [-0.2, 0) is 4.74 Å². The summed E-state index contributed by atoms with van der Waals surface area (Å²) in [7, 11) is 0. The molecule has 0 aromatic heterocycles. The molecule has 0 aliphatic carbocycles. The molecule has 1 aliphatic heterocycles. The molecule has 1 fully saturated rings. The Bertz CT molecular complexity index is 343. The smallest absolute Gasteiger partial charge is 0.137 e. The van der Waals surface area contributed by atoms with Gasteiger partial charge in [0.15, 0.2) is 0 Å². The zero-order valence-corrected chi connectivity index (χ0v) is 9.60. The number of halogens is 2. The monoisotopic (exact) mass is 231 g/mol. The van der Waals surface area contributed by atoms with Crippen molar-refractivity contribution in [3.05, 3.63) is 35.6 Å². The minimum absolute atomic E-state index is 0. The second kappa shape index (κ2) is 4.47. The first kappa shape index (κ1) is 12.4. The molecule has 4 heteroatoms. The average Bonchev–Trinajstić information content (AvgIpc) is 2.47. The third-order valence-corrected chi connectivity index (χ3v) is 2.32. The third kappa shape index (κ3) is 2.68. The normalized spacial score (nSPS) is 23.5. The van der Waals surface area contributed by atoms with E-state index in [1.54, 1.807) is 12.1 Å². The fraction of sp³-hybridized carbons (Fsp3) is 0.455. The van der Waals surface area contributed by atoms with Crippen molar-refractivity contribution in [2.24, 2.45) is 0 Å². The number of ether oxygens (including phenoxy) is 1. The number of hydrogen-bond donors (Lipinski definition) is 1. The number of nitrogens with one attached hydrogen (secondary N) is 1. The molecule has 0 radical (unpaired) electrons. The summed E-state index contributed by atoms with van der Waals surface area (Å²) < 4.78 is 18.9. The zero-order valence-electron chi connectivity index (χ0n) is 8.79. The molecule has 0 amide bonds. The lowest BCUT2D eigenvalue weighted by Gasteiger charge is -2.17. The maximum Gasteiger partial charge on any atom is 0.137 e. The molecule has 1 aromatic carbocycles. The van der Waals surface area contributed by atoms with Crippen molar-refractivity contribution >= 4 is 12.4 Å². The van der Waals surface area contributed by atoms with Crippen LogP contribution in [0.5, 0.6) is 0 Å². The van der Waals surface area contributed by atoms with Gasteiger partial charge in [-0.2, -0.15) is 0 Å². The lowest BCUT2D eigenvalue weighted by molar-refractivity contribution is 0.0960. The summed E-state index contributed by atoms with van der Waals surface area (Å²) in [6.45, 7) is 4.67. The molecule has 1 saturated heterocycles. The first-order valence-electron chi connectivity index (χ1n) is 4.72. The van der Waals surface area contributed by atoms with E-state index in [-0.39, 0.29) is 30.0 Å². The van der Waals surface area contributed by atoms with Gasteiger partial charge < -0.3 is 4.74 Å². The Labute approximate surface area is 95.2 Å². The predicted molar refractivity (Wildman–Crippen MR) is 59.6 cm³/mol. The van der Waals surface area contributed by atoms with E-state index in [2.05, 4.69) is 5.32 Å². The van der Waals surface area contributed by atoms with Crippen LogP contribution in [0, 0.1) is 5.82 Å². The van der Waals surface area contributed by atoms with Crippen LogP contribution in [0.2, 0.25) is 0 Å². The summed E-state index contributed by atoms with van der Waals surface area (Å²) in [6, 6.07) is 6.69. The second-order valence-corrected chi connectivity index (χ2v) is 4.24. The highest BCUT2D eigenvalue weighted by atomic mass is 35.5. The highest BCUT2D eigenvalue weighted by Gasteiger charge is 2.32. The van der Waals surface area contributed by atoms with Gasteiger partial charge in [-0.1, -0.05) is 18.2 Å². The van der Waals surface area contributed by atoms with Gasteiger partial charge >= 0.3 is 0 Å². The van der Waals surface area contributed by atoms with E-state index in [4.69, 9.17) is 4.74 Å². The molecule has 84 valence electrons. The minimum atomic E-state index is -0.314. The Hall–Kier alpha value is -0.640. The van der Waals surface area contributed by atoms with E-state index in [0.29, 0.717) is 12.2 Å². The van der Waals surface area contributed by atoms with Gasteiger partial charge in [0.2, 0.25) is 0 Å². The molecule has 1 aromatic rings. The first-order valence-corrected chi connectivity index (χ1v) is 4.72. The number of hydrogen-bond acceptors (Lipinski definition) is 2. The van der Waals surface area contributed by atoms with Crippen molar-refractivity contribution in [1.82, 2.24) is 5.32 Å². The number of benzene rings is 1. The Balaban J connectivity index is 0.00000112. The Morgan fingerprint density at radius 3 is 2.60 bits per heavy atom. The van der Waals surface area contributed by atoms with E-state index in [1.165, 1.54) is 6.07 Å². The van der Waals surface area contributed by atoms with Crippen LogP contribution in [-0.4, -0.2) is 12.1 Å². The second-order valence-electron chi connectivity index (χ2n) is 4.24. The van der Waals surface area contributed by atoms with Crippen molar-refractivity contribution in [2.75, 3.05) is 6.61 Å². The van der Waals surface area contributed by atoms with Gasteiger partial charge in [0, 0.05) is 11.1 Å². The predicted octanol–water partition coefficient (Wildman–Crippen LogP) is 2.64. The molecule has 2 nitrogen and oxygen atoms in total. The topological polar surface area (TPSA) is 21.3 Å². The molecule has 15 heavy (non-hydrogen) atoms. The highest BCUT2D eigenvalue weighted by Crippen LogP contribution is 2.27. The first-order chi connectivity index (χ1) is 6.58. The highest BCUT2D eigenvalue weighted by molar-refractivity contribution is 5.85. The van der Waals surface area contributed by atoms with Crippen molar-refractivity contribution in [2.45, 2.75) is 25.6 Å². The van der Waals surface area contributed by atoms with Crippen LogP contribution in [0.25, 0.3) is 0 Å². The van der Waals surface area contributed by atoms with E-state index in [0.717, 1.165) is 0 Å². The van der Waals surface area contributed by atoms with Gasteiger partial charge in [0.1, 0.15) is 12.0 Å². The molecule has 2 rings (SSSR count). The fourth-order valence-corrected chi connectivity index (χ4v) is 1.59. The fourth-order valence-electron chi connectivity index (χ4n) is 1.59. The summed E-state index contributed by atoms with van der Waals surface area (Å²) in [5, 5.41) is 3.23. The van der Waals surface area contributed by atoms with Crippen molar-refractivity contribution in [3.8, 4) is 0 Å². The van der Waals surface area contributed by atoms with Crippen LogP contribution in [0.1, 0.15) is 25.6 Å². The minimum Gasteiger partial charge on any atom is -0.357 e. The molecule has 0 saturated carbocycles. The maximum atomic E-state index is 13.4. The van der Waals surface area contributed by atoms with E-state index in [9.17, 15) is 4.39 Å². The number of rotatable bonds is 1. The summed E-state index contributed by atoms with van der Waals surface area (Å²) in [5.74, 6) is -0.220. The van der Waals surface area contributed by atoms with E-state index in [1.807, 2.05) is 19.9 Å². The van der Waals surface area contributed by atoms with Gasteiger partial charge in [-0.15, -0.1) is 12.4 Å². The molecule has 1 N–H and O–H groups in total. The van der Waals surface area contributed by atoms with Gasteiger partial charge in [-0.25, -0.2) is 4.39 Å². The van der Waals surface area contributed by atoms with Crippen molar-refractivity contribution < 1.29 is 9.13 Å². The standard InChI is InChI=1S/C11H14FNO.ClH/c1-11(2)7-14-10(13-11)8-5-3-4-6-9(8)12;/h3-6,10,13H,7H2,1-2H3;1H. The summed E-state index contributed by atoms with van der Waals surface area (Å²) in [4.78, 5) is 0. The third-order valence-electron chi connectivity index (χ3n) is 2.32. The van der Waals surface area contributed by atoms with Gasteiger partial charge in [0.25, 0.3) is 0 Å². The molecule has 1 heterocycles. The summed E-state index contributed by atoms with van der Waals surface area (Å²) in [5.41, 5.74) is 0.505. The largest absolute Gasteiger partial charge is 0.357 e.